The summed E-state index contributed by atoms with van der Waals surface area (Å²) in [5.74, 6) is 1.92. The summed E-state index contributed by atoms with van der Waals surface area (Å²) in [6, 6.07) is 12.4. The standard InChI is InChI=1S/C22H27ClN6/c1-24-22(26-11-7-16-15-27-20-6-5-17(23)14-19(16)20)28-18-8-12-29(13-9-18)21-4-2-3-10-25-21/h2-6,10,14-15,18,27H,7-9,11-13H2,1H3,(H2,24,26,28). The molecule has 6 nitrogen and oxygen atoms in total. The number of aromatic amines is 1. The molecule has 3 N–H and O–H groups in total. The lowest BCUT2D eigenvalue weighted by Crippen LogP contribution is -2.49. The first-order chi connectivity index (χ1) is 14.2. The molecule has 0 unspecified atom stereocenters. The molecule has 2 aromatic heterocycles. The molecule has 3 heterocycles. The highest BCUT2D eigenvalue weighted by molar-refractivity contribution is 6.31. The van der Waals surface area contributed by atoms with Crippen LogP contribution in [0, 0.1) is 0 Å². The highest BCUT2D eigenvalue weighted by Crippen LogP contribution is 2.22. The van der Waals surface area contributed by atoms with E-state index in [0.29, 0.717) is 6.04 Å². The summed E-state index contributed by atoms with van der Waals surface area (Å²) < 4.78 is 0. The Morgan fingerprint density at radius 3 is 2.90 bits per heavy atom. The van der Waals surface area contributed by atoms with E-state index in [1.807, 2.05) is 43.6 Å². The Kier molecular flexibility index (Phi) is 6.20. The van der Waals surface area contributed by atoms with Gasteiger partial charge in [0, 0.05) is 61.0 Å². The number of pyridine rings is 1. The van der Waals surface area contributed by atoms with E-state index in [1.54, 1.807) is 0 Å². The van der Waals surface area contributed by atoms with E-state index in [9.17, 15) is 0 Å². The summed E-state index contributed by atoms with van der Waals surface area (Å²) in [7, 11) is 1.82. The van der Waals surface area contributed by atoms with Crippen LogP contribution >= 0.6 is 11.6 Å². The summed E-state index contributed by atoms with van der Waals surface area (Å²) in [5.41, 5.74) is 2.38. The maximum absolute atomic E-state index is 6.15. The lowest BCUT2D eigenvalue weighted by atomic mass is 10.1. The maximum Gasteiger partial charge on any atom is 0.191 e. The lowest BCUT2D eigenvalue weighted by Gasteiger charge is -2.33. The number of aliphatic imine (C=N–C) groups is 1. The largest absolute Gasteiger partial charge is 0.361 e. The van der Waals surface area contributed by atoms with Crippen molar-refractivity contribution < 1.29 is 0 Å². The average molecular weight is 411 g/mol. The van der Waals surface area contributed by atoms with Gasteiger partial charge in [-0.1, -0.05) is 17.7 Å². The van der Waals surface area contributed by atoms with Crippen LogP contribution in [0.3, 0.4) is 0 Å². The second-order valence-corrected chi connectivity index (χ2v) is 7.78. The van der Waals surface area contributed by atoms with E-state index in [1.165, 1.54) is 10.9 Å². The molecule has 0 amide bonds. The van der Waals surface area contributed by atoms with Gasteiger partial charge >= 0.3 is 0 Å². The summed E-state index contributed by atoms with van der Waals surface area (Å²) in [4.78, 5) is 14.5. The van der Waals surface area contributed by atoms with Crippen LogP contribution in [-0.2, 0) is 6.42 Å². The number of nitrogens with one attached hydrogen (secondary N) is 3. The van der Waals surface area contributed by atoms with Gasteiger partial charge < -0.3 is 20.5 Å². The zero-order chi connectivity index (χ0) is 20.1. The molecule has 0 aliphatic carbocycles. The average Bonchev–Trinajstić information content (AvgIpc) is 3.16. The van der Waals surface area contributed by atoms with Crippen molar-refractivity contribution in [2.45, 2.75) is 25.3 Å². The molecule has 0 saturated carbocycles. The van der Waals surface area contributed by atoms with Gasteiger partial charge in [-0.2, -0.15) is 0 Å². The van der Waals surface area contributed by atoms with Crippen molar-refractivity contribution in [2.24, 2.45) is 4.99 Å². The molecule has 29 heavy (non-hydrogen) atoms. The Labute approximate surface area is 176 Å². The number of aromatic nitrogens is 2. The van der Waals surface area contributed by atoms with Crippen LogP contribution in [0.4, 0.5) is 5.82 Å². The van der Waals surface area contributed by atoms with Gasteiger partial charge in [-0.25, -0.2) is 4.98 Å². The monoisotopic (exact) mass is 410 g/mol. The number of guanidine groups is 1. The van der Waals surface area contributed by atoms with E-state index in [-0.39, 0.29) is 0 Å². The van der Waals surface area contributed by atoms with E-state index in [2.05, 4.69) is 42.8 Å². The molecule has 0 radical (unpaired) electrons. The number of hydrogen-bond donors (Lipinski definition) is 3. The molecule has 1 fully saturated rings. The van der Waals surface area contributed by atoms with E-state index < -0.39 is 0 Å². The van der Waals surface area contributed by atoms with Gasteiger partial charge in [0.2, 0.25) is 0 Å². The highest BCUT2D eigenvalue weighted by Gasteiger charge is 2.20. The predicted molar refractivity (Wildman–Crippen MR) is 121 cm³/mol. The molecule has 0 spiro atoms. The number of rotatable bonds is 5. The Hall–Kier alpha value is -2.73. The van der Waals surface area contributed by atoms with Gasteiger partial charge in [0.15, 0.2) is 5.96 Å². The highest BCUT2D eigenvalue weighted by atomic mass is 35.5. The smallest absolute Gasteiger partial charge is 0.191 e. The fraction of sp³-hybridized carbons (Fsp3) is 0.364. The number of anilines is 1. The fourth-order valence-electron chi connectivity index (χ4n) is 3.85. The second kappa shape index (κ2) is 9.18. The van der Waals surface area contributed by atoms with Gasteiger partial charge in [-0.15, -0.1) is 0 Å². The van der Waals surface area contributed by atoms with Crippen LogP contribution in [0.2, 0.25) is 5.02 Å². The summed E-state index contributed by atoms with van der Waals surface area (Å²) in [5, 5.41) is 8.96. The Balaban J connectivity index is 1.25. The van der Waals surface area contributed by atoms with Crippen molar-refractivity contribution in [3.05, 3.63) is 59.4 Å². The Morgan fingerprint density at radius 1 is 1.28 bits per heavy atom. The molecule has 1 aromatic carbocycles. The minimum atomic E-state index is 0.424. The Bertz CT molecular complexity index is 960. The van der Waals surface area contributed by atoms with Gasteiger partial charge in [-0.05, 0) is 55.2 Å². The maximum atomic E-state index is 6.15. The van der Waals surface area contributed by atoms with Gasteiger partial charge in [0.05, 0.1) is 0 Å². The first-order valence-corrected chi connectivity index (χ1v) is 10.5. The SMILES string of the molecule is CN=C(NCCc1c[nH]c2ccc(Cl)cc12)NC1CCN(c2ccccn2)CC1. The Morgan fingerprint density at radius 2 is 2.14 bits per heavy atom. The predicted octanol–water partition coefficient (Wildman–Crippen LogP) is 3.59. The molecular weight excluding hydrogens is 384 g/mol. The summed E-state index contributed by atoms with van der Waals surface area (Å²) in [6.45, 7) is 2.81. The molecule has 0 bridgehead atoms. The van der Waals surface area contributed by atoms with E-state index >= 15 is 0 Å². The zero-order valence-electron chi connectivity index (χ0n) is 16.7. The second-order valence-electron chi connectivity index (χ2n) is 7.35. The molecule has 3 aromatic rings. The third kappa shape index (κ3) is 4.82. The third-order valence-electron chi connectivity index (χ3n) is 5.45. The van der Waals surface area contributed by atoms with E-state index in [4.69, 9.17) is 11.6 Å². The topological polar surface area (TPSA) is 68.3 Å². The first kappa shape index (κ1) is 19.6. The number of fused-ring (bicyclic) bond motifs is 1. The number of benzene rings is 1. The molecule has 0 atom stereocenters. The molecule has 7 heteroatoms. The normalized spacial score (nSPS) is 15.7. The number of hydrogen-bond acceptors (Lipinski definition) is 3. The van der Waals surface area contributed by atoms with Gasteiger partial charge in [-0.3, -0.25) is 4.99 Å². The minimum Gasteiger partial charge on any atom is -0.361 e. The van der Waals surface area contributed by atoms with Crippen molar-refractivity contribution in [3.8, 4) is 0 Å². The van der Waals surface area contributed by atoms with Crippen molar-refractivity contribution in [2.75, 3.05) is 31.6 Å². The van der Waals surface area contributed by atoms with Crippen molar-refractivity contribution in [1.29, 1.82) is 0 Å². The molecular formula is C22H27ClN6. The van der Waals surface area contributed by atoms with Crippen LogP contribution in [-0.4, -0.2) is 48.7 Å². The lowest BCUT2D eigenvalue weighted by molar-refractivity contribution is 0.459. The van der Waals surface area contributed by atoms with Gasteiger partial charge in [0.1, 0.15) is 5.82 Å². The number of H-pyrrole nitrogens is 1. The first-order valence-electron chi connectivity index (χ1n) is 10.1. The van der Waals surface area contributed by atoms with Gasteiger partial charge in [0.25, 0.3) is 0 Å². The van der Waals surface area contributed by atoms with Crippen LogP contribution in [0.1, 0.15) is 18.4 Å². The zero-order valence-corrected chi connectivity index (χ0v) is 17.4. The van der Waals surface area contributed by atoms with Crippen LogP contribution in [0.5, 0.6) is 0 Å². The summed E-state index contributed by atoms with van der Waals surface area (Å²) in [6.07, 6.45) is 6.95. The van der Waals surface area contributed by atoms with Crippen molar-refractivity contribution in [1.82, 2.24) is 20.6 Å². The van der Waals surface area contributed by atoms with Crippen molar-refractivity contribution in [3.63, 3.8) is 0 Å². The third-order valence-corrected chi connectivity index (χ3v) is 5.68. The molecule has 1 aliphatic heterocycles. The minimum absolute atomic E-state index is 0.424. The van der Waals surface area contributed by atoms with Crippen LogP contribution in [0.25, 0.3) is 10.9 Å². The van der Waals surface area contributed by atoms with E-state index in [0.717, 1.165) is 61.2 Å². The molecule has 4 rings (SSSR count). The number of piperidine rings is 1. The van der Waals surface area contributed by atoms with Crippen LogP contribution in [0.15, 0.2) is 53.8 Å². The summed E-state index contributed by atoms with van der Waals surface area (Å²) >= 11 is 6.15. The van der Waals surface area contributed by atoms with Crippen LogP contribution < -0.4 is 15.5 Å². The molecule has 1 aliphatic rings. The number of nitrogens with zero attached hydrogens (tertiary/aromatic N) is 3. The van der Waals surface area contributed by atoms with Crippen molar-refractivity contribution >= 4 is 34.3 Å². The molecule has 152 valence electrons. The quantitative estimate of drug-likeness (QED) is 0.444. The number of halogens is 1. The fourth-order valence-corrected chi connectivity index (χ4v) is 4.03. The molecule has 1 saturated heterocycles.